The van der Waals surface area contributed by atoms with Crippen molar-refractivity contribution < 1.29 is 33.4 Å². The predicted octanol–water partition coefficient (Wildman–Crippen LogP) is 6.34. The number of hydrogen-bond donors (Lipinski definition) is 4. The van der Waals surface area contributed by atoms with E-state index in [4.69, 9.17) is 14.2 Å². The van der Waals surface area contributed by atoms with Crippen LogP contribution in [-0.4, -0.2) is 49.3 Å². The fourth-order valence-electron chi connectivity index (χ4n) is 5.23. The van der Waals surface area contributed by atoms with E-state index >= 15 is 0 Å². The van der Waals surface area contributed by atoms with Crippen molar-refractivity contribution in [3.05, 3.63) is 137 Å². The summed E-state index contributed by atoms with van der Waals surface area (Å²) in [6.45, 7) is 8.46. The minimum Gasteiger partial charge on any atom is -0.494 e. The summed E-state index contributed by atoms with van der Waals surface area (Å²) in [5.74, 6) is -1.43. The molecule has 4 aromatic carbocycles. The van der Waals surface area contributed by atoms with E-state index in [1.807, 2.05) is 91.9 Å². The Morgan fingerprint density at radius 2 is 1.10 bits per heavy atom. The summed E-state index contributed by atoms with van der Waals surface area (Å²) in [6, 6.07) is 33.2. The predicted molar refractivity (Wildman–Crippen MR) is 199 cm³/mol. The first-order valence-electron chi connectivity index (χ1n) is 17.3. The van der Waals surface area contributed by atoms with E-state index in [-0.39, 0.29) is 38.1 Å². The number of hydrogen-bond acceptors (Lipinski definition) is 7. The molecule has 4 amide bonds. The second-order valence-electron chi connectivity index (χ2n) is 13.1. The van der Waals surface area contributed by atoms with Gasteiger partial charge in [0.25, 0.3) is 0 Å². The second kappa shape index (κ2) is 19.5. The number of benzene rings is 4. The van der Waals surface area contributed by atoms with Gasteiger partial charge in [0.15, 0.2) is 0 Å². The molecule has 11 heteroatoms. The number of nitrogens with one attached hydrogen (secondary N) is 4. The highest BCUT2D eigenvalue weighted by Crippen LogP contribution is 2.22. The van der Waals surface area contributed by atoms with Gasteiger partial charge in [-0.3, -0.25) is 9.59 Å². The van der Waals surface area contributed by atoms with Crippen LogP contribution in [0.3, 0.4) is 0 Å². The van der Waals surface area contributed by atoms with E-state index in [1.54, 1.807) is 45.0 Å². The van der Waals surface area contributed by atoms with Crippen LogP contribution in [0.5, 0.6) is 5.75 Å². The molecule has 0 bridgehead atoms. The van der Waals surface area contributed by atoms with Gasteiger partial charge in [-0.2, -0.15) is 0 Å². The van der Waals surface area contributed by atoms with Crippen LogP contribution in [-0.2, 0) is 38.8 Å². The average molecular weight is 709 g/mol. The fourth-order valence-corrected chi connectivity index (χ4v) is 5.23. The maximum atomic E-state index is 13.8. The summed E-state index contributed by atoms with van der Waals surface area (Å²) >= 11 is 0. The number of carbonyl (C=O) groups excluding carboxylic acids is 4. The zero-order chi connectivity index (χ0) is 37.3. The summed E-state index contributed by atoms with van der Waals surface area (Å²) in [7, 11) is 0. The van der Waals surface area contributed by atoms with Crippen LogP contribution >= 0.6 is 0 Å². The van der Waals surface area contributed by atoms with Crippen molar-refractivity contribution in [1.82, 2.24) is 21.3 Å². The molecule has 274 valence electrons. The van der Waals surface area contributed by atoms with Gasteiger partial charge < -0.3 is 35.5 Å². The van der Waals surface area contributed by atoms with Crippen LogP contribution in [0, 0.1) is 0 Å². The molecule has 4 aromatic rings. The number of rotatable bonds is 16. The summed E-state index contributed by atoms with van der Waals surface area (Å²) < 4.78 is 16.2. The highest BCUT2D eigenvalue weighted by molar-refractivity contribution is 5.87. The largest absolute Gasteiger partial charge is 0.494 e. The van der Waals surface area contributed by atoms with E-state index < -0.39 is 29.6 Å². The van der Waals surface area contributed by atoms with Gasteiger partial charge >= 0.3 is 12.2 Å². The minimum absolute atomic E-state index is 0.0237. The lowest BCUT2D eigenvalue weighted by atomic mass is 9.95. The Hall–Kier alpha value is -5.84. The first kappa shape index (κ1) is 39.0. The van der Waals surface area contributed by atoms with Gasteiger partial charge in [0.2, 0.25) is 11.8 Å². The molecule has 0 unspecified atom stereocenters. The maximum absolute atomic E-state index is 13.8. The van der Waals surface area contributed by atoms with Crippen molar-refractivity contribution in [2.75, 3.05) is 19.7 Å². The molecule has 52 heavy (non-hydrogen) atoms. The highest BCUT2D eigenvalue weighted by Gasteiger charge is 2.26. The van der Waals surface area contributed by atoms with E-state index in [2.05, 4.69) is 21.3 Å². The van der Waals surface area contributed by atoms with Crippen LogP contribution in [0.1, 0.15) is 67.3 Å². The van der Waals surface area contributed by atoms with Gasteiger partial charge in [0, 0.05) is 26.2 Å². The van der Waals surface area contributed by atoms with Gasteiger partial charge in [0.05, 0.1) is 18.4 Å². The Bertz CT molecular complexity index is 1730. The first-order valence-corrected chi connectivity index (χ1v) is 17.3. The average Bonchev–Trinajstić information content (AvgIpc) is 3.14. The maximum Gasteiger partial charge on any atom is 0.407 e. The summed E-state index contributed by atoms with van der Waals surface area (Å²) in [5.41, 5.74) is 3.41. The molecule has 0 aromatic heterocycles. The quantitative estimate of drug-likeness (QED) is 0.106. The molecule has 0 heterocycles. The third-order valence-electron chi connectivity index (χ3n) is 7.90. The lowest BCUT2D eigenvalue weighted by molar-refractivity contribution is -0.124. The molecular weight excluding hydrogens is 660 g/mol. The molecule has 0 aliphatic rings. The standard InChI is InChI=1S/C41H48N4O7/c1-5-50-34-22-20-33(21-23-34)36(27-45-39(48)51-28-31-12-8-6-9-13-31)38(47)43-26-35(32-14-10-7-11-15-32)37(46)42-24-29-16-18-30(19-17-29)25-44-40(49)52-41(2,3)4/h6-23,35-36H,5,24-28H2,1-4H3,(H,42,46)(H,43,47)(H,44,49)(H,45,48)/t35-,36+/m0/s1. The molecule has 0 radical (unpaired) electrons. The Labute approximate surface area is 305 Å². The molecule has 4 rings (SSSR count). The normalized spacial score (nSPS) is 12.1. The molecule has 2 atom stereocenters. The van der Waals surface area contributed by atoms with E-state index in [0.717, 1.165) is 22.3 Å². The smallest absolute Gasteiger partial charge is 0.407 e. The van der Waals surface area contributed by atoms with Gasteiger partial charge in [-0.1, -0.05) is 97.1 Å². The Morgan fingerprint density at radius 1 is 0.577 bits per heavy atom. The molecule has 11 nitrogen and oxygen atoms in total. The monoisotopic (exact) mass is 708 g/mol. The molecule has 0 spiro atoms. The Morgan fingerprint density at radius 3 is 1.67 bits per heavy atom. The third-order valence-corrected chi connectivity index (χ3v) is 7.90. The van der Waals surface area contributed by atoms with Crippen molar-refractivity contribution >= 4 is 24.0 Å². The van der Waals surface area contributed by atoms with Crippen LogP contribution in [0.4, 0.5) is 9.59 Å². The lowest BCUT2D eigenvalue weighted by Gasteiger charge is -2.22. The zero-order valence-electron chi connectivity index (χ0n) is 30.1. The van der Waals surface area contributed by atoms with Crippen LogP contribution in [0.15, 0.2) is 109 Å². The van der Waals surface area contributed by atoms with E-state index in [9.17, 15) is 19.2 Å². The van der Waals surface area contributed by atoms with Gasteiger partial charge in [-0.25, -0.2) is 9.59 Å². The number of alkyl carbamates (subject to hydrolysis) is 2. The van der Waals surface area contributed by atoms with Gasteiger partial charge in [-0.05, 0) is 67.6 Å². The molecule has 0 aliphatic carbocycles. The fraction of sp³-hybridized carbons (Fsp3) is 0.317. The summed E-state index contributed by atoms with van der Waals surface area (Å²) in [5, 5.41) is 11.4. The minimum atomic E-state index is -0.775. The third kappa shape index (κ3) is 13.1. The van der Waals surface area contributed by atoms with Crippen molar-refractivity contribution in [3.63, 3.8) is 0 Å². The van der Waals surface area contributed by atoms with Crippen molar-refractivity contribution in [2.45, 2.75) is 64.8 Å². The summed E-state index contributed by atoms with van der Waals surface area (Å²) in [4.78, 5) is 52.0. The topological polar surface area (TPSA) is 144 Å². The Kier molecular flexibility index (Phi) is 14.6. The van der Waals surface area contributed by atoms with E-state index in [1.165, 1.54) is 0 Å². The summed E-state index contributed by atoms with van der Waals surface area (Å²) in [6.07, 6.45) is -1.15. The number of carbonyl (C=O) groups is 4. The molecule has 0 aliphatic heterocycles. The first-order chi connectivity index (χ1) is 25.0. The van der Waals surface area contributed by atoms with Crippen molar-refractivity contribution in [1.29, 1.82) is 0 Å². The molecule has 0 saturated heterocycles. The Balaban J connectivity index is 1.39. The molecular formula is C41H48N4O7. The SMILES string of the molecule is CCOc1ccc([C@@H](CNC(=O)OCc2ccccc2)C(=O)NC[C@H](C(=O)NCc2ccc(CNC(=O)OC(C)(C)C)cc2)c2ccccc2)cc1. The number of ether oxygens (including phenoxy) is 3. The van der Waals surface area contributed by atoms with Crippen LogP contribution < -0.4 is 26.0 Å². The molecule has 4 N–H and O–H groups in total. The second-order valence-corrected chi connectivity index (χ2v) is 13.1. The van der Waals surface area contributed by atoms with Crippen molar-refractivity contribution in [2.24, 2.45) is 0 Å². The van der Waals surface area contributed by atoms with Gasteiger partial charge in [-0.15, -0.1) is 0 Å². The van der Waals surface area contributed by atoms with Crippen LogP contribution in [0.25, 0.3) is 0 Å². The lowest BCUT2D eigenvalue weighted by Crippen LogP contribution is -2.41. The number of amides is 4. The zero-order valence-corrected chi connectivity index (χ0v) is 30.1. The highest BCUT2D eigenvalue weighted by atomic mass is 16.6. The van der Waals surface area contributed by atoms with Crippen LogP contribution in [0.2, 0.25) is 0 Å². The molecule has 0 fully saturated rings. The molecule has 0 saturated carbocycles. The van der Waals surface area contributed by atoms with Crippen molar-refractivity contribution in [3.8, 4) is 5.75 Å². The van der Waals surface area contributed by atoms with E-state index in [0.29, 0.717) is 24.5 Å². The van der Waals surface area contributed by atoms with Gasteiger partial charge in [0.1, 0.15) is 18.0 Å².